The first kappa shape index (κ1) is 18.4. The number of anilines is 1. The number of hydrogen-bond acceptors (Lipinski definition) is 3. The third-order valence-electron chi connectivity index (χ3n) is 3.11. The molecule has 1 fully saturated rings. The van der Waals surface area contributed by atoms with Crippen LogP contribution in [0.25, 0.3) is 0 Å². The molecule has 1 aliphatic rings. The summed E-state index contributed by atoms with van der Waals surface area (Å²) in [6, 6.07) is 6.95. The molecule has 0 aromatic heterocycles. The fraction of sp³-hybridized carbons (Fsp3) is 0.538. The maximum Gasteiger partial charge on any atom is 0.123 e. The van der Waals surface area contributed by atoms with Crippen molar-refractivity contribution in [3.63, 3.8) is 0 Å². The van der Waals surface area contributed by atoms with Crippen molar-refractivity contribution >= 4 is 30.5 Å². The first-order chi connectivity index (χ1) is 8.15. The lowest BCUT2D eigenvalue weighted by atomic mass is 10.2. The van der Waals surface area contributed by atoms with Gasteiger partial charge in [0.05, 0.1) is 0 Å². The van der Waals surface area contributed by atoms with E-state index >= 15 is 0 Å². The SMILES string of the molecule is CC(N)CN1CCN(c2ccc(F)cc2)CC1.Cl.Cl. The zero-order valence-corrected chi connectivity index (χ0v) is 12.7. The highest BCUT2D eigenvalue weighted by atomic mass is 35.5. The molecule has 0 amide bonds. The number of nitrogens with two attached hydrogens (primary N) is 1. The lowest BCUT2D eigenvalue weighted by Crippen LogP contribution is -2.49. The Morgan fingerprint density at radius 1 is 1.11 bits per heavy atom. The second-order valence-corrected chi connectivity index (χ2v) is 4.74. The Kier molecular flexibility index (Phi) is 8.34. The Bertz CT molecular complexity index is 351. The Hall–Kier alpha value is -0.550. The summed E-state index contributed by atoms with van der Waals surface area (Å²) in [5.41, 5.74) is 6.89. The van der Waals surface area contributed by atoms with Crippen molar-refractivity contribution < 1.29 is 4.39 Å². The van der Waals surface area contributed by atoms with Crippen molar-refractivity contribution in [2.24, 2.45) is 5.73 Å². The van der Waals surface area contributed by atoms with Crippen LogP contribution >= 0.6 is 24.8 Å². The molecule has 1 atom stereocenters. The number of nitrogens with zero attached hydrogens (tertiary/aromatic N) is 2. The third-order valence-corrected chi connectivity index (χ3v) is 3.11. The van der Waals surface area contributed by atoms with Crippen molar-refractivity contribution in [3.8, 4) is 0 Å². The summed E-state index contributed by atoms with van der Waals surface area (Å²) >= 11 is 0. The van der Waals surface area contributed by atoms with Crippen LogP contribution in [0.4, 0.5) is 10.1 Å². The van der Waals surface area contributed by atoms with E-state index in [1.165, 1.54) is 12.1 Å². The molecule has 110 valence electrons. The fourth-order valence-corrected chi connectivity index (χ4v) is 2.25. The van der Waals surface area contributed by atoms with E-state index in [0.29, 0.717) is 0 Å². The summed E-state index contributed by atoms with van der Waals surface area (Å²) in [7, 11) is 0. The van der Waals surface area contributed by atoms with Crippen molar-refractivity contribution in [1.82, 2.24) is 4.90 Å². The average molecular weight is 310 g/mol. The monoisotopic (exact) mass is 309 g/mol. The molecule has 1 heterocycles. The lowest BCUT2D eigenvalue weighted by Gasteiger charge is -2.36. The molecular formula is C13H22Cl2FN3. The number of benzene rings is 1. The van der Waals surface area contributed by atoms with Crippen LogP contribution in [0.15, 0.2) is 24.3 Å². The first-order valence-corrected chi connectivity index (χ1v) is 6.13. The van der Waals surface area contributed by atoms with Crippen molar-refractivity contribution in [1.29, 1.82) is 0 Å². The molecule has 1 aliphatic heterocycles. The molecule has 2 N–H and O–H groups in total. The van der Waals surface area contributed by atoms with Crippen LogP contribution in [0.2, 0.25) is 0 Å². The maximum absolute atomic E-state index is 12.8. The highest BCUT2D eigenvalue weighted by molar-refractivity contribution is 5.85. The highest BCUT2D eigenvalue weighted by Gasteiger charge is 2.17. The van der Waals surface area contributed by atoms with Crippen LogP contribution in [0.3, 0.4) is 0 Å². The van der Waals surface area contributed by atoms with Gasteiger partial charge in [0.2, 0.25) is 0 Å². The van der Waals surface area contributed by atoms with Crippen LogP contribution in [0, 0.1) is 5.82 Å². The third kappa shape index (κ3) is 5.53. The van der Waals surface area contributed by atoms with Crippen molar-refractivity contribution in [3.05, 3.63) is 30.1 Å². The second-order valence-electron chi connectivity index (χ2n) is 4.74. The van der Waals surface area contributed by atoms with Gasteiger partial charge < -0.3 is 10.6 Å². The Morgan fingerprint density at radius 2 is 1.63 bits per heavy atom. The molecule has 0 radical (unpaired) electrons. The first-order valence-electron chi connectivity index (χ1n) is 6.13. The summed E-state index contributed by atoms with van der Waals surface area (Å²) in [5.74, 6) is -0.177. The molecule has 1 aromatic carbocycles. The molecular weight excluding hydrogens is 288 g/mol. The standard InChI is InChI=1S/C13H20FN3.2ClH/c1-11(15)10-16-6-8-17(9-7-16)13-4-2-12(14)3-5-13;;/h2-5,11H,6-10,15H2,1H3;2*1H. The summed E-state index contributed by atoms with van der Waals surface area (Å²) in [6.45, 7) is 7.01. The molecule has 0 bridgehead atoms. The predicted octanol–water partition coefficient (Wildman–Crippen LogP) is 2.14. The van der Waals surface area contributed by atoms with Gasteiger partial charge in [-0.2, -0.15) is 0 Å². The fourth-order valence-electron chi connectivity index (χ4n) is 2.25. The summed E-state index contributed by atoms with van der Waals surface area (Å²) in [6.07, 6.45) is 0. The molecule has 3 nitrogen and oxygen atoms in total. The molecule has 0 saturated carbocycles. The minimum absolute atomic E-state index is 0. The van der Waals surface area contributed by atoms with Gasteiger partial charge in [-0.25, -0.2) is 4.39 Å². The van der Waals surface area contributed by atoms with Gasteiger partial charge in [-0.1, -0.05) is 0 Å². The van der Waals surface area contributed by atoms with Crippen LogP contribution in [0.5, 0.6) is 0 Å². The maximum atomic E-state index is 12.8. The number of piperazine rings is 1. The number of halogens is 3. The average Bonchev–Trinajstić information content (AvgIpc) is 2.30. The van der Waals surface area contributed by atoms with E-state index in [9.17, 15) is 4.39 Å². The minimum atomic E-state index is -0.177. The smallest absolute Gasteiger partial charge is 0.123 e. The molecule has 19 heavy (non-hydrogen) atoms. The van der Waals surface area contributed by atoms with E-state index in [0.717, 1.165) is 38.4 Å². The Labute approximate surface area is 126 Å². The number of hydrogen-bond donors (Lipinski definition) is 1. The van der Waals surface area contributed by atoms with Gasteiger partial charge in [0.25, 0.3) is 0 Å². The van der Waals surface area contributed by atoms with Gasteiger partial charge in [-0.05, 0) is 31.2 Å². The van der Waals surface area contributed by atoms with Crippen LogP contribution in [-0.4, -0.2) is 43.7 Å². The second kappa shape index (κ2) is 8.59. The lowest BCUT2D eigenvalue weighted by molar-refractivity contribution is 0.247. The molecule has 1 saturated heterocycles. The normalized spacial score (nSPS) is 17.3. The zero-order chi connectivity index (χ0) is 12.3. The quantitative estimate of drug-likeness (QED) is 0.928. The van der Waals surface area contributed by atoms with E-state index in [1.807, 2.05) is 19.1 Å². The van der Waals surface area contributed by atoms with Crippen molar-refractivity contribution in [2.75, 3.05) is 37.6 Å². The Balaban J connectivity index is 0.00000162. The Morgan fingerprint density at radius 3 is 2.11 bits per heavy atom. The topological polar surface area (TPSA) is 32.5 Å². The molecule has 0 spiro atoms. The largest absolute Gasteiger partial charge is 0.369 e. The highest BCUT2D eigenvalue weighted by Crippen LogP contribution is 2.16. The van der Waals surface area contributed by atoms with E-state index in [-0.39, 0.29) is 36.7 Å². The van der Waals surface area contributed by atoms with Gasteiger partial charge in [0.15, 0.2) is 0 Å². The molecule has 6 heteroatoms. The van der Waals surface area contributed by atoms with Gasteiger partial charge in [-0.3, -0.25) is 4.90 Å². The summed E-state index contributed by atoms with van der Waals surface area (Å²) in [4.78, 5) is 4.67. The van der Waals surface area contributed by atoms with Gasteiger partial charge >= 0.3 is 0 Å². The minimum Gasteiger partial charge on any atom is -0.369 e. The van der Waals surface area contributed by atoms with Crippen LogP contribution < -0.4 is 10.6 Å². The van der Waals surface area contributed by atoms with Gasteiger partial charge in [0, 0.05) is 44.5 Å². The van der Waals surface area contributed by atoms with E-state index in [4.69, 9.17) is 5.73 Å². The van der Waals surface area contributed by atoms with Crippen LogP contribution in [-0.2, 0) is 0 Å². The van der Waals surface area contributed by atoms with Crippen molar-refractivity contribution in [2.45, 2.75) is 13.0 Å². The molecule has 1 unspecified atom stereocenters. The van der Waals surface area contributed by atoms with E-state index < -0.39 is 0 Å². The van der Waals surface area contributed by atoms with Gasteiger partial charge in [0.1, 0.15) is 5.82 Å². The summed E-state index contributed by atoms with van der Waals surface area (Å²) < 4.78 is 12.8. The summed E-state index contributed by atoms with van der Waals surface area (Å²) in [5, 5.41) is 0. The van der Waals surface area contributed by atoms with E-state index in [2.05, 4.69) is 9.80 Å². The van der Waals surface area contributed by atoms with Gasteiger partial charge in [-0.15, -0.1) is 24.8 Å². The van der Waals surface area contributed by atoms with Crippen LogP contribution in [0.1, 0.15) is 6.92 Å². The molecule has 2 rings (SSSR count). The molecule has 0 aliphatic carbocycles. The molecule has 1 aromatic rings. The number of rotatable bonds is 3. The predicted molar refractivity (Wildman–Crippen MR) is 83.2 cm³/mol. The van der Waals surface area contributed by atoms with E-state index in [1.54, 1.807) is 0 Å². The zero-order valence-electron chi connectivity index (χ0n) is 11.1.